The van der Waals surface area contributed by atoms with E-state index in [-0.39, 0.29) is 36.0 Å². The first-order valence-electron chi connectivity index (χ1n) is 7.66. The van der Waals surface area contributed by atoms with E-state index in [1.165, 1.54) is 0 Å². The van der Waals surface area contributed by atoms with E-state index >= 15 is 0 Å². The average molecular weight is 419 g/mol. The maximum atomic E-state index is 12.7. The standard InChI is InChI=1S/C15H12F3N3O6S/c16-15(17,18)8-5-28-9(20-8)2-21-7-4-27-3-6(7)12(24)11(14(21)26)13(25)19-1-10(22)23/h5,24H,1-4H2,(H,19,25)(H,22,23). The van der Waals surface area contributed by atoms with E-state index < -0.39 is 47.2 Å². The van der Waals surface area contributed by atoms with Crippen LogP contribution in [0, 0.1) is 0 Å². The molecule has 9 nitrogen and oxygen atoms in total. The van der Waals surface area contributed by atoms with E-state index in [0.29, 0.717) is 11.3 Å². The number of carbonyl (C=O) groups excluding carboxylic acids is 1. The Morgan fingerprint density at radius 2 is 2.07 bits per heavy atom. The minimum absolute atomic E-state index is 0.0360. The third kappa shape index (κ3) is 3.71. The predicted octanol–water partition coefficient (Wildman–Crippen LogP) is 0.922. The van der Waals surface area contributed by atoms with Crippen LogP contribution < -0.4 is 10.9 Å². The molecule has 13 heteroatoms. The molecule has 0 fully saturated rings. The summed E-state index contributed by atoms with van der Waals surface area (Å²) >= 11 is 0.686. The molecule has 0 unspecified atom stereocenters. The lowest BCUT2D eigenvalue weighted by Crippen LogP contribution is -2.37. The lowest BCUT2D eigenvalue weighted by atomic mass is 10.1. The summed E-state index contributed by atoms with van der Waals surface area (Å²) in [5, 5.41) is 21.6. The lowest BCUT2D eigenvalue weighted by Gasteiger charge is -2.14. The molecule has 2 aromatic heterocycles. The number of halogens is 3. The zero-order valence-corrected chi connectivity index (χ0v) is 14.7. The Morgan fingerprint density at radius 3 is 2.68 bits per heavy atom. The number of ether oxygens (including phenoxy) is 1. The molecule has 28 heavy (non-hydrogen) atoms. The van der Waals surface area contributed by atoms with Crippen LogP contribution in [0.5, 0.6) is 5.75 Å². The Balaban J connectivity index is 2.04. The van der Waals surface area contributed by atoms with Crippen LogP contribution in [0.1, 0.15) is 32.3 Å². The van der Waals surface area contributed by atoms with Gasteiger partial charge in [0.05, 0.1) is 25.5 Å². The normalized spacial score (nSPS) is 13.4. The summed E-state index contributed by atoms with van der Waals surface area (Å²) in [6, 6.07) is 0. The molecule has 2 aromatic rings. The van der Waals surface area contributed by atoms with E-state index in [9.17, 15) is 32.7 Å². The maximum absolute atomic E-state index is 12.7. The van der Waals surface area contributed by atoms with Crippen LogP contribution in [0.3, 0.4) is 0 Å². The third-order valence-electron chi connectivity index (χ3n) is 3.90. The van der Waals surface area contributed by atoms with Crippen molar-refractivity contribution in [2.75, 3.05) is 6.54 Å². The van der Waals surface area contributed by atoms with Gasteiger partial charge < -0.3 is 24.8 Å². The highest BCUT2D eigenvalue weighted by atomic mass is 32.1. The summed E-state index contributed by atoms with van der Waals surface area (Å²) in [5.41, 5.74) is -2.47. The summed E-state index contributed by atoms with van der Waals surface area (Å²) in [7, 11) is 0. The Kier molecular flexibility index (Phi) is 5.12. The summed E-state index contributed by atoms with van der Waals surface area (Å²) in [6.07, 6.45) is -4.64. The minimum atomic E-state index is -4.64. The zero-order chi connectivity index (χ0) is 20.6. The Hall–Kier alpha value is -2.93. The molecule has 1 amide bonds. The highest BCUT2D eigenvalue weighted by molar-refractivity contribution is 7.09. The quantitative estimate of drug-likeness (QED) is 0.657. The number of amides is 1. The van der Waals surface area contributed by atoms with Gasteiger partial charge >= 0.3 is 12.1 Å². The number of rotatable bonds is 5. The number of fused-ring (bicyclic) bond motifs is 1. The van der Waals surface area contributed by atoms with Crippen molar-refractivity contribution in [2.45, 2.75) is 25.9 Å². The number of alkyl halides is 3. The lowest BCUT2D eigenvalue weighted by molar-refractivity contribution is -0.141. The Morgan fingerprint density at radius 1 is 1.36 bits per heavy atom. The Bertz CT molecular complexity index is 1010. The van der Waals surface area contributed by atoms with Gasteiger partial charge in [-0.15, -0.1) is 11.3 Å². The van der Waals surface area contributed by atoms with Crippen molar-refractivity contribution in [3.63, 3.8) is 0 Å². The molecule has 0 aromatic carbocycles. The number of pyridine rings is 1. The van der Waals surface area contributed by atoms with Gasteiger partial charge in [-0.2, -0.15) is 13.2 Å². The second-order valence-electron chi connectivity index (χ2n) is 5.73. The van der Waals surface area contributed by atoms with Gasteiger partial charge in [0.25, 0.3) is 11.5 Å². The maximum Gasteiger partial charge on any atom is 0.434 e. The van der Waals surface area contributed by atoms with Crippen LogP contribution in [0.2, 0.25) is 0 Å². The van der Waals surface area contributed by atoms with Gasteiger partial charge in [0, 0.05) is 10.9 Å². The van der Waals surface area contributed by atoms with Crippen molar-refractivity contribution >= 4 is 23.2 Å². The predicted molar refractivity (Wildman–Crippen MR) is 87.0 cm³/mol. The number of nitrogens with one attached hydrogen (secondary N) is 1. The number of carboxylic acid groups (broad SMARTS) is 1. The molecule has 0 radical (unpaired) electrons. The summed E-state index contributed by atoms with van der Waals surface area (Å²) < 4.78 is 44.4. The molecule has 1 aliphatic rings. The molecule has 0 aliphatic carbocycles. The third-order valence-corrected chi connectivity index (χ3v) is 4.74. The summed E-state index contributed by atoms with van der Waals surface area (Å²) in [6.45, 7) is -1.36. The van der Waals surface area contributed by atoms with E-state index in [4.69, 9.17) is 9.84 Å². The van der Waals surface area contributed by atoms with Crippen LogP contribution in [-0.2, 0) is 35.5 Å². The summed E-state index contributed by atoms with van der Waals surface area (Å²) in [5.74, 6) is -3.13. The number of hydrogen-bond donors (Lipinski definition) is 3. The van der Waals surface area contributed by atoms with Crippen molar-refractivity contribution in [3.8, 4) is 5.75 Å². The molecule has 3 heterocycles. The number of hydrogen-bond acceptors (Lipinski definition) is 7. The molecule has 3 rings (SSSR count). The second kappa shape index (κ2) is 7.24. The molecule has 0 bridgehead atoms. The van der Waals surface area contributed by atoms with Crippen LogP contribution in [-0.4, -0.2) is 38.2 Å². The van der Waals surface area contributed by atoms with Gasteiger partial charge in [-0.1, -0.05) is 0 Å². The first-order valence-corrected chi connectivity index (χ1v) is 8.54. The van der Waals surface area contributed by atoms with Crippen molar-refractivity contribution < 1.29 is 37.7 Å². The second-order valence-corrected chi connectivity index (χ2v) is 6.68. The van der Waals surface area contributed by atoms with Crippen LogP contribution in [0.15, 0.2) is 10.2 Å². The number of aliphatic carboxylic acids is 1. The van der Waals surface area contributed by atoms with Crippen LogP contribution >= 0.6 is 11.3 Å². The van der Waals surface area contributed by atoms with Gasteiger partial charge in [-0.3, -0.25) is 14.4 Å². The average Bonchev–Trinajstić information content (AvgIpc) is 3.25. The van der Waals surface area contributed by atoms with Gasteiger partial charge in [-0.05, 0) is 0 Å². The van der Waals surface area contributed by atoms with E-state index in [1.807, 2.05) is 5.32 Å². The number of aromatic hydroxyl groups is 1. The molecular weight excluding hydrogens is 407 g/mol. The zero-order valence-electron chi connectivity index (χ0n) is 13.9. The van der Waals surface area contributed by atoms with E-state index in [2.05, 4.69) is 4.98 Å². The monoisotopic (exact) mass is 419 g/mol. The SMILES string of the molecule is O=C(O)CNC(=O)c1c(O)c2c(n(Cc3nc(C(F)(F)F)cs3)c1=O)COC2. The van der Waals surface area contributed by atoms with Gasteiger partial charge in [-0.25, -0.2) is 4.98 Å². The van der Waals surface area contributed by atoms with Crippen molar-refractivity contribution in [3.05, 3.63) is 43.3 Å². The van der Waals surface area contributed by atoms with Crippen molar-refractivity contribution in [1.82, 2.24) is 14.9 Å². The fourth-order valence-electron chi connectivity index (χ4n) is 2.64. The Labute approximate surface area is 158 Å². The fourth-order valence-corrected chi connectivity index (χ4v) is 3.43. The largest absolute Gasteiger partial charge is 0.506 e. The number of aromatic nitrogens is 2. The molecule has 3 N–H and O–H groups in total. The van der Waals surface area contributed by atoms with Crippen LogP contribution in [0.25, 0.3) is 0 Å². The molecule has 150 valence electrons. The van der Waals surface area contributed by atoms with Crippen molar-refractivity contribution in [1.29, 1.82) is 0 Å². The molecule has 0 spiro atoms. The topological polar surface area (TPSA) is 131 Å². The fraction of sp³-hybridized carbons (Fsp3) is 0.333. The molecule has 0 saturated heterocycles. The van der Waals surface area contributed by atoms with E-state index in [1.54, 1.807) is 0 Å². The van der Waals surface area contributed by atoms with Crippen molar-refractivity contribution in [2.24, 2.45) is 0 Å². The van der Waals surface area contributed by atoms with Gasteiger partial charge in [0.15, 0.2) is 5.69 Å². The number of nitrogens with zero attached hydrogens (tertiary/aromatic N) is 2. The molecular formula is C15H12F3N3O6S. The summed E-state index contributed by atoms with van der Waals surface area (Å²) in [4.78, 5) is 39.0. The number of carbonyl (C=O) groups is 2. The van der Waals surface area contributed by atoms with Gasteiger partial charge in [0.2, 0.25) is 0 Å². The van der Waals surface area contributed by atoms with Gasteiger partial charge in [0.1, 0.15) is 22.9 Å². The minimum Gasteiger partial charge on any atom is -0.506 e. The molecule has 0 atom stereocenters. The highest BCUT2D eigenvalue weighted by Gasteiger charge is 2.34. The van der Waals surface area contributed by atoms with E-state index in [0.717, 1.165) is 9.95 Å². The number of carboxylic acids is 1. The first kappa shape index (κ1) is 19.8. The number of thiazole rings is 1. The molecule has 1 aliphatic heterocycles. The highest BCUT2D eigenvalue weighted by Crippen LogP contribution is 2.32. The molecule has 0 saturated carbocycles. The first-order chi connectivity index (χ1) is 13.1. The van der Waals surface area contributed by atoms with Crippen LogP contribution in [0.4, 0.5) is 13.2 Å². The smallest absolute Gasteiger partial charge is 0.434 e.